The zero-order valence-corrected chi connectivity index (χ0v) is 13.4. The molecular weight excluding hydrogens is 333 g/mol. The summed E-state index contributed by atoms with van der Waals surface area (Å²) >= 11 is 13.2. The topological polar surface area (TPSA) is 74.3 Å². The van der Waals surface area contributed by atoms with E-state index >= 15 is 0 Å². The largest absolute Gasteiger partial charge is 0.344 e. The molecule has 21 heavy (non-hydrogen) atoms. The summed E-state index contributed by atoms with van der Waals surface area (Å²) in [4.78, 5) is 13.4. The Morgan fingerprint density at radius 2 is 2.29 bits per heavy atom. The van der Waals surface area contributed by atoms with E-state index in [1.54, 1.807) is 23.7 Å². The minimum atomic E-state index is -0.0832. The predicted octanol–water partition coefficient (Wildman–Crippen LogP) is 2.50. The summed E-state index contributed by atoms with van der Waals surface area (Å²) in [6.45, 7) is 0.411. The molecule has 2 rings (SSSR count). The molecule has 0 bridgehead atoms. The zero-order chi connectivity index (χ0) is 15.4. The molecule has 0 saturated heterocycles. The first kappa shape index (κ1) is 15.9. The molecule has 0 aliphatic rings. The molecule has 2 heterocycles. The van der Waals surface area contributed by atoms with Gasteiger partial charge in [0, 0.05) is 19.8 Å². The number of carbonyl (C=O) groups excluding carboxylic acids is 1. The van der Waals surface area contributed by atoms with Crippen LogP contribution >= 0.6 is 35.0 Å². The Morgan fingerprint density at radius 3 is 3.00 bits per heavy atom. The van der Waals surface area contributed by atoms with E-state index in [1.165, 1.54) is 16.7 Å². The molecule has 0 atom stereocenters. The lowest BCUT2D eigenvalue weighted by Gasteiger charge is -2.14. The smallest absolute Gasteiger partial charge is 0.232 e. The summed E-state index contributed by atoms with van der Waals surface area (Å²) in [5, 5.41) is 17.9. The molecule has 110 valence electrons. The van der Waals surface area contributed by atoms with Gasteiger partial charge >= 0.3 is 0 Å². The van der Waals surface area contributed by atoms with Crippen molar-refractivity contribution in [3.63, 3.8) is 0 Å². The van der Waals surface area contributed by atoms with Crippen molar-refractivity contribution in [2.24, 2.45) is 0 Å². The Kier molecular flexibility index (Phi) is 5.28. The van der Waals surface area contributed by atoms with Gasteiger partial charge in [0.15, 0.2) is 10.8 Å². The summed E-state index contributed by atoms with van der Waals surface area (Å²) in [5.74, 6) is 0.118. The maximum absolute atomic E-state index is 11.9. The first-order chi connectivity index (χ1) is 10.0. The van der Waals surface area contributed by atoms with Gasteiger partial charge in [0.25, 0.3) is 0 Å². The Bertz CT molecular complexity index is 711. The van der Waals surface area contributed by atoms with Crippen LogP contribution in [0.15, 0.2) is 17.4 Å². The van der Waals surface area contributed by atoms with Gasteiger partial charge in [-0.3, -0.25) is 9.20 Å². The number of thioether (sulfide) groups is 1. The van der Waals surface area contributed by atoms with Crippen molar-refractivity contribution in [1.82, 2.24) is 19.5 Å². The summed E-state index contributed by atoms with van der Waals surface area (Å²) in [6.07, 6.45) is 1.96. The lowest BCUT2D eigenvalue weighted by Crippen LogP contribution is -2.29. The second-order valence-electron chi connectivity index (χ2n) is 4.19. The van der Waals surface area contributed by atoms with Gasteiger partial charge in [0.1, 0.15) is 0 Å². The molecule has 1 amide bonds. The molecule has 0 aliphatic carbocycles. The number of rotatable bonds is 5. The highest BCUT2D eigenvalue weighted by Gasteiger charge is 2.14. The highest BCUT2D eigenvalue weighted by molar-refractivity contribution is 7.99. The summed E-state index contributed by atoms with van der Waals surface area (Å²) in [7, 11) is 1.66. The second kappa shape index (κ2) is 6.98. The molecule has 2 aromatic heterocycles. The minimum absolute atomic E-state index is 0.0832. The Balaban J connectivity index is 2.07. The van der Waals surface area contributed by atoms with Crippen LogP contribution in [0.25, 0.3) is 5.65 Å². The number of aromatic nitrogens is 3. The average molecular weight is 344 g/mol. The number of hydrogen-bond acceptors (Lipinski definition) is 5. The van der Waals surface area contributed by atoms with Crippen molar-refractivity contribution in [1.29, 1.82) is 5.26 Å². The van der Waals surface area contributed by atoms with Gasteiger partial charge in [0.2, 0.25) is 5.91 Å². The van der Waals surface area contributed by atoms with Crippen LogP contribution in [0.4, 0.5) is 0 Å². The van der Waals surface area contributed by atoms with Crippen molar-refractivity contribution in [2.75, 3.05) is 19.3 Å². The monoisotopic (exact) mass is 343 g/mol. The minimum Gasteiger partial charge on any atom is -0.344 e. The van der Waals surface area contributed by atoms with Gasteiger partial charge in [-0.05, 0) is 6.07 Å². The van der Waals surface area contributed by atoms with Gasteiger partial charge in [-0.25, -0.2) is 0 Å². The van der Waals surface area contributed by atoms with Crippen LogP contribution in [0.2, 0.25) is 10.0 Å². The van der Waals surface area contributed by atoms with Crippen molar-refractivity contribution in [3.05, 3.63) is 22.3 Å². The SMILES string of the molecule is CN(CCC#N)C(=O)CSc1nnc2c(Cl)cc(Cl)cn12. The molecule has 0 spiro atoms. The number of amides is 1. The standard InChI is InChI=1S/C12H11Cl2N5OS/c1-18(4-2-3-15)10(20)7-21-12-17-16-11-9(14)5-8(13)6-19(11)12/h5-6H,2,4,7H2,1H3. The lowest BCUT2D eigenvalue weighted by molar-refractivity contribution is -0.127. The highest BCUT2D eigenvalue weighted by Crippen LogP contribution is 2.25. The van der Waals surface area contributed by atoms with Crippen LogP contribution in [0, 0.1) is 11.3 Å². The molecule has 6 nitrogen and oxygen atoms in total. The second-order valence-corrected chi connectivity index (χ2v) is 5.98. The third-order valence-electron chi connectivity index (χ3n) is 2.70. The van der Waals surface area contributed by atoms with Crippen LogP contribution in [0.5, 0.6) is 0 Å². The fourth-order valence-corrected chi connectivity index (χ4v) is 2.94. The Hall–Kier alpha value is -1.49. The van der Waals surface area contributed by atoms with E-state index in [9.17, 15) is 4.79 Å². The highest BCUT2D eigenvalue weighted by atomic mass is 35.5. The average Bonchev–Trinajstić information content (AvgIpc) is 2.85. The van der Waals surface area contributed by atoms with Crippen LogP contribution in [0.1, 0.15) is 6.42 Å². The van der Waals surface area contributed by atoms with E-state index in [4.69, 9.17) is 28.5 Å². The van der Waals surface area contributed by atoms with Crippen LogP contribution in [-0.2, 0) is 4.79 Å². The van der Waals surface area contributed by atoms with Crippen LogP contribution in [0.3, 0.4) is 0 Å². The molecule has 0 aromatic carbocycles. The van der Waals surface area contributed by atoms with E-state index in [1.807, 2.05) is 6.07 Å². The Morgan fingerprint density at radius 1 is 1.52 bits per heavy atom. The molecule has 0 N–H and O–H groups in total. The summed E-state index contributed by atoms with van der Waals surface area (Å²) in [6, 6.07) is 3.59. The number of pyridine rings is 1. The van der Waals surface area contributed by atoms with Crippen molar-refractivity contribution < 1.29 is 4.79 Å². The maximum Gasteiger partial charge on any atom is 0.232 e. The van der Waals surface area contributed by atoms with E-state index in [-0.39, 0.29) is 11.7 Å². The fraction of sp³-hybridized carbons (Fsp3) is 0.333. The van der Waals surface area contributed by atoms with Gasteiger partial charge in [-0.1, -0.05) is 35.0 Å². The first-order valence-corrected chi connectivity index (χ1v) is 7.70. The van der Waals surface area contributed by atoms with Crippen molar-refractivity contribution in [3.8, 4) is 6.07 Å². The molecule has 0 unspecified atom stereocenters. The third-order valence-corrected chi connectivity index (χ3v) is 4.12. The third kappa shape index (κ3) is 3.79. The predicted molar refractivity (Wildman–Crippen MR) is 81.6 cm³/mol. The maximum atomic E-state index is 11.9. The van der Waals surface area contributed by atoms with Gasteiger partial charge in [-0.15, -0.1) is 10.2 Å². The number of hydrogen-bond donors (Lipinski definition) is 0. The molecule has 0 aliphatic heterocycles. The van der Waals surface area contributed by atoms with E-state index in [0.717, 1.165) is 0 Å². The zero-order valence-electron chi connectivity index (χ0n) is 11.1. The lowest BCUT2D eigenvalue weighted by atomic mass is 10.4. The molecule has 0 radical (unpaired) electrons. The number of halogens is 2. The molecule has 2 aromatic rings. The van der Waals surface area contributed by atoms with Crippen LogP contribution < -0.4 is 0 Å². The fourth-order valence-electron chi connectivity index (χ4n) is 1.58. The Labute approximate surface area is 135 Å². The molecule has 0 saturated carbocycles. The van der Waals surface area contributed by atoms with Crippen molar-refractivity contribution >= 4 is 46.5 Å². The molecule has 9 heteroatoms. The summed E-state index contributed by atoms with van der Waals surface area (Å²) in [5.41, 5.74) is 0.494. The quantitative estimate of drug-likeness (QED) is 0.779. The van der Waals surface area contributed by atoms with Crippen LogP contribution in [-0.4, -0.2) is 44.8 Å². The van der Waals surface area contributed by atoms with Gasteiger partial charge in [-0.2, -0.15) is 5.26 Å². The molecular formula is C12H11Cl2N5OS. The van der Waals surface area contributed by atoms with Crippen molar-refractivity contribution in [2.45, 2.75) is 11.6 Å². The number of nitriles is 1. The normalized spacial score (nSPS) is 10.6. The van der Waals surface area contributed by atoms with Gasteiger partial charge in [0.05, 0.1) is 28.3 Å². The number of carbonyl (C=O) groups is 1. The van der Waals surface area contributed by atoms with E-state index < -0.39 is 0 Å². The number of fused-ring (bicyclic) bond motifs is 1. The van der Waals surface area contributed by atoms with E-state index in [2.05, 4.69) is 10.2 Å². The first-order valence-electron chi connectivity index (χ1n) is 5.96. The van der Waals surface area contributed by atoms with Gasteiger partial charge < -0.3 is 4.90 Å². The van der Waals surface area contributed by atoms with E-state index in [0.29, 0.717) is 33.8 Å². The number of nitrogens with zero attached hydrogens (tertiary/aromatic N) is 5. The summed E-state index contributed by atoms with van der Waals surface area (Å²) < 4.78 is 1.65. The molecule has 0 fully saturated rings.